The van der Waals surface area contributed by atoms with E-state index in [2.05, 4.69) is 43.5 Å². The SMILES string of the molecule is CCCCCC/C=C\CCCCCCCC(=O)OCC(COP(=O)(O)OCCNC)OC(=O)CCCCCCC/C=C\CCCCCCCC. The molecular weight excluding hydrogens is 653 g/mol. The molecule has 0 heterocycles. The molecule has 0 aromatic heterocycles. The van der Waals surface area contributed by atoms with Crippen LogP contribution in [0.4, 0.5) is 0 Å². The number of unbranched alkanes of at least 4 members (excludes halogenated alkanes) is 20. The van der Waals surface area contributed by atoms with Crippen molar-refractivity contribution in [3.05, 3.63) is 24.3 Å². The van der Waals surface area contributed by atoms with Crippen LogP contribution < -0.4 is 5.32 Å². The molecular formula is C40H76NO8P. The van der Waals surface area contributed by atoms with Gasteiger partial charge in [-0.3, -0.25) is 18.6 Å². The predicted octanol–water partition coefficient (Wildman–Crippen LogP) is 11.1. The van der Waals surface area contributed by atoms with E-state index in [0.717, 1.165) is 70.6 Å². The van der Waals surface area contributed by atoms with E-state index in [1.54, 1.807) is 7.05 Å². The molecule has 2 N–H and O–H groups in total. The standard InChI is InChI=1S/C40H76NO8P/c1-4-6-8-10-12-14-16-18-19-21-23-25-27-29-31-33-40(43)49-38(37-48-50(44,45)47-35-34-41-3)36-46-39(42)32-30-28-26-24-22-20-17-15-13-11-9-7-5-2/h15,17-19,38,41H,4-14,16,20-37H2,1-3H3,(H,44,45)/b17-15-,19-18-. The molecule has 0 aliphatic heterocycles. The number of allylic oxidation sites excluding steroid dienone is 4. The smallest absolute Gasteiger partial charge is 0.462 e. The third kappa shape index (κ3) is 36.3. The van der Waals surface area contributed by atoms with Crippen LogP contribution in [0.3, 0.4) is 0 Å². The van der Waals surface area contributed by atoms with Gasteiger partial charge in [0.25, 0.3) is 0 Å². The number of hydrogen-bond donors (Lipinski definition) is 2. The van der Waals surface area contributed by atoms with E-state index in [0.29, 0.717) is 13.0 Å². The molecule has 0 aromatic carbocycles. The van der Waals surface area contributed by atoms with E-state index in [1.165, 1.54) is 77.0 Å². The maximum atomic E-state index is 12.6. The van der Waals surface area contributed by atoms with Gasteiger partial charge in [0, 0.05) is 19.4 Å². The summed E-state index contributed by atoms with van der Waals surface area (Å²) in [6.07, 6.45) is 36.4. The average Bonchev–Trinajstić information content (AvgIpc) is 3.09. The number of carbonyl (C=O) groups excluding carboxylic acids is 2. The summed E-state index contributed by atoms with van der Waals surface area (Å²) in [4.78, 5) is 34.9. The van der Waals surface area contributed by atoms with Crippen LogP contribution in [0, 0.1) is 0 Å². The van der Waals surface area contributed by atoms with Crippen molar-refractivity contribution in [1.82, 2.24) is 5.32 Å². The fourth-order valence-electron chi connectivity index (χ4n) is 5.42. The number of phosphoric ester groups is 1. The normalized spacial score (nSPS) is 13.6. The van der Waals surface area contributed by atoms with Gasteiger partial charge in [0.2, 0.25) is 0 Å². The maximum Gasteiger partial charge on any atom is 0.472 e. The van der Waals surface area contributed by atoms with Crippen molar-refractivity contribution in [3.63, 3.8) is 0 Å². The molecule has 0 saturated carbocycles. The van der Waals surface area contributed by atoms with Gasteiger partial charge in [-0.1, -0.05) is 128 Å². The van der Waals surface area contributed by atoms with Gasteiger partial charge in [0.05, 0.1) is 13.2 Å². The van der Waals surface area contributed by atoms with E-state index in [9.17, 15) is 19.0 Å². The molecule has 0 saturated heterocycles. The van der Waals surface area contributed by atoms with Gasteiger partial charge in [-0.15, -0.1) is 0 Å². The second-order valence-electron chi connectivity index (χ2n) is 13.5. The Morgan fingerprint density at radius 2 is 1.02 bits per heavy atom. The third-order valence-corrected chi connectivity index (χ3v) is 9.53. The Hall–Kier alpha value is -1.51. The van der Waals surface area contributed by atoms with E-state index in [-0.39, 0.29) is 32.0 Å². The first kappa shape index (κ1) is 48.5. The van der Waals surface area contributed by atoms with E-state index >= 15 is 0 Å². The van der Waals surface area contributed by atoms with Crippen LogP contribution in [0.25, 0.3) is 0 Å². The summed E-state index contributed by atoms with van der Waals surface area (Å²) < 4.78 is 33.1. The first-order valence-corrected chi connectivity index (χ1v) is 21.8. The zero-order valence-corrected chi connectivity index (χ0v) is 33.2. The summed E-state index contributed by atoms with van der Waals surface area (Å²) in [5.41, 5.74) is 0. The number of likely N-dealkylation sites (N-methyl/N-ethyl adjacent to an activating group) is 1. The molecule has 0 rings (SSSR count). The predicted molar refractivity (Wildman–Crippen MR) is 206 cm³/mol. The molecule has 50 heavy (non-hydrogen) atoms. The van der Waals surface area contributed by atoms with Gasteiger partial charge in [0.1, 0.15) is 6.61 Å². The van der Waals surface area contributed by atoms with Crippen molar-refractivity contribution >= 4 is 19.8 Å². The summed E-state index contributed by atoms with van der Waals surface area (Å²) >= 11 is 0. The van der Waals surface area contributed by atoms with Crippen LogP contribution in [0.5, 0.6) is 0 Å². The van der Waals surface area contributed by atoms with Crippen molar-refractivity contribution in [2.45, 2.75) is 187 Å². The molecule has 294 valence electrons. The lowest BCUT2D eigenvalue weighted by molar-refractivity contribution is -0.161. The highest BCUT2D eigenvalue weighted by molar-refractivity contribution is 7.47. The molecule has 0 radical (unpaired) electrons. The van der Waals surface area contributed by atoms with Gasteiger partial charge >= 0.3 is 19.8 Å². The topological polar surface area (TPSA) is 120 Å². The molecule has 0 bridgehead atoms. The first-order valence-electron chi connectivity index (χ1n) is 20.3. The second-order valence-corrected chi connectivity index (χ2v) is 14.9. The van der Waals surface area contributed by atoms with Crippen molar-refractivity contribution in [2.75, 3.05) is 33.4 Å². The minimum Gasteiger partial charge on any atom is -0.462 e. The van der Waals surface area contributed by atoms with Crippen molar-refractivity contribution in [1.29, 1.82) is 0 Å². The Labute approximate surface area is 306 Å². The summed E-state index contributed by atoms with van der Waals surface area (Å²) in [5.74, 6) is -0.825. The molecule has 0 aliphatic carbocycles. The zero-order chi connectivity index (χ0) is 36.8. The van der Waals surface area contributed by atoms with Gasteiger partial charge in [-0.2, -0.15) is 0 Å². The van der Waals surface area contributed by atoms with Crippen LogP contribution in [0.1, 0.15) is 181 Å². The van der Waals surface area contributed by atoms with E-state index in [1.807, 2.05) is 0 Å². The Bertz CT molecular complexity index is 881. The fraction of sp³-hybridized carbons (Fsp3) is 0.850. The van der Waals surface area contributed by atoms with Crippen LogP contribution in [-0.2, 0) is 32.7 Å². The van der Waals surface area contributed by atoms with E-state index in [4.69, 9.17) is 18.5 Å². The van der Waals surface area contributed by atoms with Crippen molar-refractivity contribution in [3.8, 4) is 0 Å². The third-order valence-electron chi connectivity index (χ3n) is 8.54. The van der Waals surface area contributed by atoms with Gasteiger partial charge in [-0.25, -0.2) is 4.57 Å². The van der Waals surface area contributed by atoms with Crippen LogP contribution >= 0.6 is 7.82 Å². The molecule has 0 spiro atoms. The monoisotopic (exact) mass is 730 g/mol. The highest BCUT2D eigenvalue weighted by Gasteiger charge is 2.26. The molecule has 2 atom stereocenters. The maximum absolute atomic E-state index is 12.6. The molecule has 0 fully saturated rings. The fourth-order valence-corrected chi connectivity index (χ4v) is 6.17. The van der Waals surface area contributed by atoms with E-state index < -0.39 is 26.5 Å². The molecule has 0 aromatic rings. The Morgan fingerprint density at radius 3 is 1.50 bits per heavy atom. The highest BCUT2D eigenvalue weighted by Crippen LogP contribution is 2.43. The number of nitrogens with one attached hydrogen (secondary N) is 1. The highest BCUT2D eigenvalue weighted by atomic mass is 31.2. The molecule has 9 nitrogen and oxygen atoms in total. The first-order chi connectivity index (χ1) is 24.3. The number of hydrogen-bond acceptors (Lipinski definition) is 8. The minimum atomic E-state index is -4.35. The van der Waals surface area contributed by atoms with Gasteiger partial charge in [0.15, 0.2) is 6.10 Å². The zero-order valence-electron chi connectivity index (χ0n) is 32.4. The minimum absolute atomic E-state index is 0.0188. The Kier molecular flexibility index (Phi) is 36.1. The number of esters is 2. The van der Waals surface area contributed by atoms with Crippen LogP contribution in [0.2, 0.25) is 0 Å². The Morgan fingerprint density at radius 1 is 0.600 bits per heavy atom. The van der Waals surface area contributed by atoms with Crippen LogP contribution in [0.15, 0.2) is 24.3 Å². The number of carbonyl (C=O) groups is 2. The van der Waals surface area contributed by atoms with Crippen molar-refractivity contribution in [2.24, 2.45) is 0 Å². The largest absolute Gasteiger partial charge is 0.472 e. The number of ether oxygens (including phenoxy) is 2. The van der Waals surface area contributed by atoms with Gasteiger partial charge < -0.3 is 19.7 Å². The average molecular weight is 730 g/mol. The summed E-state index contributed by atoms with van der Waals surface area (Å²) in [5, 5.41) is 2.82. The van der Waals surface area contributed by atoms with Crippen molar-refractivity contribution < 1.29 is 37.6 Å². The second kappa shape index (κ2) is 37.3. The quantitative estimate of drug-likeness (QED) is 0.0277. The lowest BCUT2D eigenvalue weighted by Crippen LogP contribution is -2.29. The number of rotatable bonds is 38. The number of phosphoric acid groups is 1. The van der Waals surface area contributed by atoms with Gasteiger partial charge in [-0.05, 0) is 71.3 Å². The molecule has 10 heteroatoms. The molecule has 0 aliphatic rings. The summed E-state index contributed by atoms with van der Waals surface area (Å²) in [7, 11) is -2.65. The summed E-state index contributed by atoms with van der Waals surface area (Å²) in [6.45, 7) is 4.18. The lowest BCUT2D eigenvalue weighted by Gasteiger charge is -2.20. The molecule has 2 unspecified atom stereocenters. The molecule has 0 amide bonds. The lowest BCUT2D eigenvalue weighted by atomic mass is 10.1. The Balaban J connectivity index is 4.28. The van der Waals surface area contributed by atoms with Crippen LogP contribution in [-0.4, -0.2) is 56.3 Å². The summed E-state index contributed by atoms with van der Waals surface area (Å²) in [6, 6.07) is 0.